The molecule has 0 fully saturated rings. The van der Waals surface area contributed by atoms with Crippen LogP contribution >= 0.6 is 11.3 Å². The van der Waals surface area contributed by atoms with Gasteiger partial charge in [-0.2, -0.15) is 0 Å². The minimum atomic E-state index is -0.465. The van der Waals surface area contributed by atoms with Crippen LogP contribution in [0.15, 0.2) is 24.3 Å². The molecule has 1 heterocycles. The van der Waals surface area contributed by atoms with Crippen LogP contribution in [0.2, 0.25) is 0 Å². The third-order valence-electron chi connectivity index (χ3n) is 4.00. The van der Waals surface area contributed by atoms with Gasteiger partial charge in [-0.25, -0.2) is 9.18 Å². The van der Waals surface area contributed by atoms with Gasteiger partial charge in [-0.15, -0.1) is 11.3 Å². The van der Waals surface area contributed by atoms with Gasteiger partial charge in [-0.1, -0.05) is 0 Å². The van der Waals surface area contributed by atoms with E-state index in [-0.39, 0.29) is 18.3 Å². The maximum atomic E-state index is 12.9. The molecule has 0 unspecified atom stereocenters. The van der Waals surface area contributed by atoms with Gasteiger partial charge in [-0.05, 0) is 50.7 Å². The molecular weight excluding hydrogens is 371 g/mol. The number of halogens is 1. The molecule has 1 amide bonds. The van der Waals surface area contributed by atoms with Gasteiger partial charge in [0.1, 0.15) is 23.2 Å². The SMILES string of the molecule is COC(=O)c1c(NC(=O)CN(C)CCOc2ccc(F)cc2)sc(C)c1C. The molecule has 146 valence electrons. The number of anilines is 1. The Morgan fingerprint density at radius 1 is 1.22 bits per heavy atom. The summed E-state index contributed by atoms with van der Waals surface area (Å²) in [5.41, 5.74) is 1.21. The van der Waals surface area contributed by atoms with Crippen molar-refractivity contribution in [3.8, 4) is 5.75 Å². The van der Waals surface area contributed by atoms with Gasteiger partial charge < -0.3 is 14.8 Å². The molecule has 0 aliphatic carbocycles. The molecule has 0 spiro atoms. The molecule has 0 saturated carbocycles. The lowest BCUT2D eigenvalue weighted by atomic mass is 10.1. The van der Waals surface area contributed by atoms with Gasteiger partial charge in [0.05, 0.1) is 19.2 Å². The smallest absolute Gasteiger partial charge is 0.341 e. The lowest BCUT2D eigenvalue weighted by Crippen LogP contribution is -2.33. The number of methoxy groups -OCH3 is 1. The van der Waals surface area contributed by atoms with Gasteiger partial charge in [0, 0.05) is 11.4 Å². The summed E-state index contributed by atoms with van der Waals surface area (Å²) in [5, 5.41) is 3.29. The second kappa shape index (κ2) is 9.48. The molecule has 0 bridgehead atoms. The van der Waals surface area contributed by atoms with Crippen LogP contribution in [0.3, 0.4) is 0 Å². The largest absolute Gasteiger partial charge is 0.492 e. The summed E-state index contributed by atoms with van der Waals surface area (Å²) in [5.74, 6) is -0.443. The molecule has 1 N–H and O–H groups in total. The van der Waals surface area contributed by atoms with E-state index >= 15 is 0 Å². The van der Waals surface area contributed by atoms with Gasteiger partial charge in [-0.3, -0.25) is 9.69 Å². The first-order valence-corrected chi connectivity index (χ1v) is 9.18. The van der Waals surface area contributed by atoms with E-state index in [9.17, 15) is 14.0 Å². The second-order valence-corrected chi connectivity index (χ2v) is 7.29. The molecule has 6 nitrogen and oxygen atoms in total. The van der Waals surface area contributed by atoms with E-state index in [0.717, 1.165) is 10.4 Å². The first kappa shape index (κ1) is 20.9. The molecule has 2 rings (SSSR count). The van der Waals surface area contributed by atoms with E-state index in [2.05, 4.69) is 5.32 Å². The Labute approximate surface area is 161 Å². The Kier molecular flexibility index (Phi) is 7.32. The highest BCUT2D eigenvalue weighted by atomic mass is 32.1. The fraction of sp³-hybridized carbons (Fsp3) is 0.368. The molecule has 0 aliphatic rings. The number of nitrogens with one attached hydrogen (secondary N) is 1. The van der Waals surface area contributed by atoms with Crippen molar-refractivity contribution >= 4 is 28.2 Å². The number of ether oxygens (including phenoxy) is 2. The number of likely N-dealkylation sites (N-methyl/N-ethyl adjacent to an activating group) is 1. The lowest BCUT2D eigenvalue weighted by molar-refractivity contribution is -0.117. The van der Waals surface area contributed by atoms with Gasteiger partial charge in [0.15, 0.2) is 0 Å². The molecule has 2 aromatic rings. The third kappa shape index (κ3) is 5.77. The third-order valence-corrected chi connectivity index (χ3v) is 5.12. The van der Waals surface area contributed by atoms with E-state index in [1.807, 2.05) is 13.8 Å². The van der Waals surface area contributed by atoms with Crippen LogP contribution in [-0.2, 0) is 9.53 Å². The summed E-state index contributed by atoms with van der Waals surface area (Å²) in [6.07, 6.45) is 0. The molecule has 8 heteroatoms. The molecular formula is C19H23FN2O4S. The molecule has 1 aromatic carbocycles. The van der Waals surface area contributed by atoms with Crippen molar-refractivity contribution in [1.29, 1.82) is 0 Å². The van der Waals surface area contributed by atoms with E-state index in [0.29, 0.717) is 29.5 Å². The van der Waals surface area contributed by atoms with Crippen molar-refractivity contribution < 1.29 is 23.5 Å². The summed E-state index contributed by atoms with van der Waals surface area (Å²) in [6, 6.07) is 5.77. The normalized spacial score (nSPS) is 10.7. The number of rotatable bonds is 8. The molecule has 0 saturated heterocycles. The topological polar surface area (TPSA) is 67.9 Å². The average Bonchev–Trinajstić information content (AvgIpc) is 2.89. The van der Waals surface area contributed by atoms with Crippen LogP contribution in [0, 0.1) is 19.7 Å². The Hall–Kier alpha value is -2.45. The average molecular weight is 394 g/mol. The maximum Gasteiger partial charge on any atom is 0.341 e. The number of thiophene rings is 1. The minimum Gasteiger partial charge on any atom is -0.492 e. The number of nitrogens with zero attached hydrogens (tertiary/aromatic N) is 1. The number of benzene rings is 1. The first-order chi connectivity index (χ1) is 12.8. The number of carbonyl (C=O) groups is 2. The van der Waals surface area contributed by atoms with E-state index < -0.39 is 5.97 Å². The van der Waals surface area contributed by atoms with Crippen molar-refractivity contribution in [3.63, 3.8) is 0 Å². The monoisotopic (exact) mass is 394 g/mol. The molecule has 0 radical (unpaired) electrons. The van der Waals surface area contributed by atoms with Crippen LogP contribution in [0.5, 0.6) is 5.75 Å². The number of hydrogen-bond donors (Lipinski definition) is 1. The number of esters is 1. The van der Waals surface area contributed by atoms with Crippen LogP contribution in [0.4, 0.5) is 9.39 Å². The lowest BCUT2D eigenvalue weighted by Gasteiger charge is -2.16. The molecule has 27 heavy (non-hydrogen) atoms. The number of hydrogen-bond acceptors (Lipinski definition) is 6. The standard InChI is InChI=1S/C19H23FN2O4S/c1-12-13(2)27-18(17(12)19(24)25-4)21-16(23)11-22(3)9-10-26-15-7-5-14(20)6-8-15/h5-8H,9-11H2,1-4H3,(H,21,23). The van der Waals surface area contributed by atoms with Crippen LogP contribution in [0.1, 0.15) is 20.8 Å². The highest BCUT2D eigenvalue weighted by Gasteiger charge is 2.21. The zero-order valence-corrected chi connectivity index (χ0v) is 16.6. The minimum absolute atomic E-state index is 0.142. The highest BCUT2D eigenvalue weighted by molar-refractivity contribution is 7.16. The Morgan fingerprint density at radius 3 is 2.52 bits per heavy atom. The van der Waals surface area contributed by atoms with Gasteiger partial charge in [0.2, 0.25) is 5.91 Å². The van der Waals surface area contributed by atoms with Crippen molar-refractivity contribution in [2.24, 2.45) is 0 Å². The van der Waals surface area contributed by atoms with E-state index in [1.54, 1.807) is 24.1 Å². The van der Waals surface area contributed by atoms with Crippen molar-refractivity contribution in [1.82, 2.24) is 4.90 Å². The summed E-state index contributed by atoms with van der Waals surface area (Å²) < 4.78 is 23.2. The van der Waals surface area contributed by atoms with Crippen molar-refractivity contribution in [2.45, 2.75) is 13.8 Å². The summed E-state index contributed by atoms with van der Waals surface area (Å²) in [7, 11) is 3.11. The van der Waals surface area contributed by atoms with Crippen molar-refractivity contribution in [2.75, 3.05) is 39.2 Å². The predicted molar refractivity (Wildman–Crippen MR) is 103 cm³/mol. The highest BCUT2D eigenvalue weighted by Crippen LogP contribution is 2.32. The summed E-state index contributed by atoms with van der Waals surface area (Å²) in [6.45, 7) is 4.73. The Morgan fingerprint density at radius 2 is 1.89 bits per heavy atom. The Bertz CT molecular complexity index is 805. The van der Waals surface area contributed by atoms with Crippen LogP contribution in [0.25, 0.3) is 0 Å². The van der Waals surface area contributed by atoms with Gasteiger partial charge in [0.25, 0.3) is 0 Å². The quantitative estimate of drug-likeness (QED) is 0.696. The second-order valence-electron chi connectivity index (χ2n) is 6.07. The summed E-state index contributed by atoms with van der Waals surface area (Å²) in [4.78, 5) is 27.0. The van der Waals surface area contributed by atoms with Crippen LogP contribution in [-0.4, -0.2) is 50.6 Å². The fourth-order valence-electron chi connectivity index (χ4n) is 2.40. The first-order valence-electron chi connectivity index (χ1n) is 8.37. The van der Waals surface area contributed by atoms with Gasteiger partial charge >= 0.3 is 5.97 Å². The van der Waals surface area contributed by atoms with E-state index in [4.69, 9.17) is 9.47 Å². The number of aryl methyl sites for hydroxylation is 1. The zero-order chi connectivity index (χ0) is 20.0. The van der Waals surface area contributed by atoms with Crippen LogP contribution < -0.4 is 10.1 Å². The molecule has 0 aliphatic heterocycles. The molecule has 0 atom stereocenters. The maximum absolute atomic E-state index is 12.9. The predicted octanol–water partition coefficient (Wildman–Crippen LogP) is 3.24. The van der Waals surface area contributed by atoms with Crippen molar-refractivity contribution in [3.05, 3.63) is 46.1 Å². The zero-order valence-electron chi connectivity index (χ0n) is 15.8. The Balaban J connectivity index is 1.85. The molecule has 1 aromatic heterocycles. The fourth-order valence-corrected chi connectivity index (χ4v) is 3.47. The van der Waals surface area contributed by atoms with E-state index in [1.165, 1.54) is 30.6 Å². The summed E-state index contributed by atoms with van der Waals surface area (Å²) >= 11 is 1.35. The number of amides is 1. The number of carbonyl (C=O) groups excluding carboxylic acids is 2.